The second-order valence-corrected chi connectivity index (χ2v) is 4.24. The Labute approximate surface area is 107 Å². The summed E-state index contributed by atoms with van der Waals surface area (Å²) in [6, 6.07) is 7.07. The molecule has 0 spiro atoms. The number of hydrogen-bond acceptors (Lipinski definition) is 3. The first-order valence-electron chi connectivity index (χ1n) is 6.06. The van der Waals surface area contributed by atoms with Gasteiger partial charge in [-0.1, -0.05) is 26.0 Å². The van der Waals surface area contributed by atoms with Crippen molar-refractivity contribution in [2.24, 2.45) is 5.92 Å². The van der Waals surface area contributed by atoms with E-state index in [1.54, 1.807) is 24.3 Å². The molecule has 4 heteroatoms. The summed E-state index contributed by atoms with van der Waals surface area (Å²) < 4.78 is 5.46. The van der Waals surface area contributed by atoms with Gasteiger partial charge < -0.3 is 10.1 Å². The molecule has 1 amide bonds. The Morgan fingerprint density at radius 2 is 2.00 bits per heavy atom. The van der Waals surface area contributed by atoms with Crippen LogP contribution in [0.5, 0.6) is 5.75 Å². The van der Waals surface area contributed by atoms with Crippen LogP contribution in [0.2, 0.25) is 0 Å². The van der Waals surface area contributed by atoms with Crippen molar-refractivity contribution < 1.29 is 14.3 Å². The van der Waals surface area contributed by atoms with E-state index < -0.39 is 0 Å². The van der Waals surface area contributed by atoms with Crippen LogP contribution < -0.4 is 10.1 Å². The minimum atomic E-state index is -0.167. The zero-order valence-electron chi connectivity index (χ0n) is 11.0. The van der Waals surface area contributed by atoms with E-state index in [1.807, 2.05) is 13.8 Å². The minimum absolute atomic E-state index is 0.00192. The van der Waals surface area contributed by atoms with E-state index in [0.717, 1.165) is 6.42 Å². The average molecular weight is 249 g/mol. The highest BCUT2D eigenvalue weighted by molar-refractivity contribution is 5.90. The molecule has 1 N–H and O–H groups in total. The zero-order chi connectivity index (χ0) is 13.5. The Balaban J connectivity index is 2.67. The third kappa shape index (κ3) is 4.20. The maximum atomic E-state index is 11.7. The molecule has 0 radical (unpaired) electrons. The van der Waals surface area contributed by atoms with Gasteiger partial charge in [-0.2, -0.15) is 0 Å². The molecule has 1 aromatic carbocycles. The number of ether oxygens (including phenoxy) is 1. The summed E-state index contributed by atoms with van der Waals surface area (Å²) in [5.41, 5.74) is 0.585. The highest BCUT2D eigenvalue weighted by Gasteiger charge is 2.12. The van der Waals surface area contributed by atoms with E-state index in [9.17, 15) is 9.59 Å². The lowest BCUT2D eigenvalue weighted by Gasteiger charge is -2.12. The quantitative estimate of drug-likeness (QED) is 0.843. The number of carbonyl (C=O) groups is 2. The Hall–Kier alpha value is -1.84. The van der Waals surface area contributed by atoms with Gasteiger partial charge in [-0.05, 0) is 18.6 Å². The van der Waals surface area contributed by atoms with Crippen molar-refractivity contribution in [1.29, 1.82) is 0 Å². The fourth-order valence-electron chi connectivity index (χ4n) is 1.40. The molecule has 1 atom stereocenters. The molecule has 0 bridgehead atoms. The van der Waals surface area contributed by atoms with E-state index in [4.69, 9.17) is 4.74 Å². The Morgan fingerprint density at radius 3 is 2.61 bits per heavy atom. The molecule has 1 rings (SSSR count). The van der Waals surface area contributed by atoms with Gasteiger partial charge in [-0.25, -0.2) is 0 Å². The summed E-state index contributed by atoms with van der Waals surface area (Å²) in [6.07, 6.45) is 0.801. The fraction of sp³-hybridized carbons (Fsp3) is 0.429. The van der Waals surface area contributed by atoms with Gasteiger partial charge in [0.05, 0.1) is 5.69 Å². The number of ketones is 1. The van der Waals surface area contributed by atoms with Crippen LogP contribution in [-0.2, 0) is 9.59 Å². The molecule has 0 aliphatic heterocycles. The Kier molecular flexibility index (Phi) is 5.36. The van der Waals surface area contributed by atoms with Crippen molar-refractivity contribution in [1.82, 2.24) is 0 Å². The lowest BCUT2D eigenvalue weighted by atomic mass is 10.0. The molecule has 18 heavy (non-hydrogen) atoms. The molecule has 0 aromatic heterocycles. The molecule has 0 aliphatic rings. The molecule has 1 unspecified atom stereocenters. The minimum Gasteiger partial charge on any atom is -0.484 e. The number of rotatable bonds is 6. The van der Waals surface area contributed by atoms with Crippen LogP contribution in [-0.4, -0.2) is 18.3 Å². The van der Waals surface area contributed by atoms with Crippen molar-refractivity contribution in [3.8, 4) is 5.75 Å². The molecule has 4 nitrogen and oxygen atoms in total. The zero-order valence-corrected chi connectivity index (χ0v) is 11.0. The number of Topliss-reactive ketones (excluding diaryl/α,β-unsaturated/α-hetero) is 1. The molecular weight excluding hydrogens is 230 g/mol. The third-order valence-corrected chi connectivity index (χ3v) is 2.73. The summed E-state index contributed by atoms with van der Waals surface area (Å²) >= 11 is 0. The Bertz CT molecular complexity index is 429. The molecular formula is C14H19NO3. The van der Waals surface area contributed by atoms with Crippen molar-refractivity contribution in [3.05, 3.63) is 24.3 Å². The summed E-state index contributed by atoms with van der Waals surface area (Å²) in [5, 5.41) is 2.67. The second-order valence-electron chi connectivity index (χ2n) is 4.24. The van der Waals surface area contributed by atoms with Gasteiger partial charge in [0.15, 0.2) is 5.78 Å². The summed E-state index contributed by atoms with van der Waals surface area (Å²) in [4.78, 5) is 22.7. The summed E-state index contributed by atoms with van der Waals surface area (Å²) in [5.74, 6) is 0.414. The first-order chi connectivity index (χ1) is 8.54. The van der Waals surface area contributed by atoms with Crippen molar-refractivity contribution in [3.63, 3.8) is 0 Å². The van der Waals surface area contributed by atoms with Crippen LogP contribution in [0.1, 0.15) is 27.2 Å². The molecule has 0 saturated heterocycles. The Morgan fingerprint density at radius 1 is 1.33 bits per heavy atom. The number of hydrogen-bond donors (Lipinski definition) is 1. The van der Waals surface area contributed by atoms with Crippen LogP contribution in [0, 0.1) is 5.92 Å². The topological polar surface area (TPSA) is 55.4 Å². The van der Waals surface area contributed by atoms with Gasteiger partial charge in [0.25, 0.3) is 0 Å². The van der Waals surface area contributed by atoms with E-state index in [-0.39, 0.29) is 24.2 Å². The lowest BCUT2D eigenvalue weighted by molar-refractivity contribution is -0.124. The second kappa shape index (κ2) is 6.79. The van der Waals surface area contributed by atoms with E-state index in [0.29, 0.717) is 11.4 Å². The van der Waals surface area contributed by atoms with Gasteiger partial charge in [0.2, 0.25) is 5.91 Å². The van der Waals surface area contributed by atoms with Crippen LogP contribution in [0.25, 0.3) is 0 Å². The fourth-order valence-corrected chi connectivity index (χ4v) is 1.40. The first kappa shape index (κ1) is 14.2. The van der Waals surface area contributed by atoms with Crippen LogP contribution in [0.15, 0.2) is 24.3 Å². The normalized spacial score (nSPS) is 11.7. The van der Waals surface area contributed by atoms with Crippen LogP contribution in [0.3, 0.4) is 0 Å². The number of nitrogens with one attached hydrogen (secondary N) is 1. The summed E-state index contributed by atoms with van der Waals surface area (Å²) in [7, 11) is 0. The number of carbonyl (C=O) groups excluding carboxylic acids is 2. The molecule has 0 aliphatic carbocycles. The van der Waals surface area contributed by atoms with E-state index in [2.05, 4.69) is 5.32 Å². The third-order valence-electron chi connectivity index (χ3n) is 2.73. The van der Waals surface area contributed by atoms with Gasteiger partial charge >= 0.3 is 0 Å². The predicted octanol–water partition coefficient (Wildman–Crippen LogP) is 2.64. The van der Waals surface area contributed by atoms with Crippen molar-refractivity contribution in [2.75, 3.05) is 11.9 Å². The SMILES string of the molecule is CCC(C)C(=O)COc1ccccc1NC(C)=O. The number of para-hydroxylation sites is 2. The van der Waals surface area contributed by atoms with Crippen molar-refractivity contribution in [2.45, 2.75) is 27.2 Å². The van der Waals surface area contributed by atoms with Gasteiger partial charge in [-0.3, -0.25) is 9.59 Å². The van der Waals surface area contributed by atoms with Gasteiger partial charge in [0, 0.05) is 12.8 Å². The lowest BCUT2D eigenvalue weighted by Crippen LogP contribution is -2.19. The smallest absolute Gasteiger partial charge is 0.221 e. The van der Waals surface area contributed by atoms with Crippen LogP contribution in [0.4, 0.5) is 5.69 Å². The highest BCUT2D eigenvalue weighted by Crippen LogP contribution is 2.23. The monoisotopic (exact) mass is 249 g/mol. The molecule has 0 saturated carbocycles. The largest absolute Gasteiger partial charge is 0.484 e. The average Bonchev–Trinajstić information content (AvgIpc) is 2.35. The van der Waals surface area contributed by atoms with Gasteiger partial charge in [0.1, 0.15) is 12.4 Å². The maximum absolute atomic E-state index is 11.7. The highest BCUT2D eigenvalue weighted by atomic mass is 16.5. The van der Waals surface area contributed by atoms with Crippen LogP contribution >= 0.6 is 0 Å². The number of benzene rings is 1. The van der Waals surface area contributed by atoms with Crippen molar-refractivity contribution >= 4 is 17.4 Å². The standard InChI is InChI=1S/C14H19NO3/c1-4-10(2)13(17)9-18-14-8-6-5-7-12(14)15-11(3)16/h5-8,10H,4,9H2,1-3H3,(H,15,16). The first-order valence-corrected chi connectivity index (χ1v) is 6.06. The summed E-state index contributed by atoms with van der Waals surface area (Å²) in [6.45, 7) is 5.31. The molecule has 1 aromatic rings. The van der Waals surface area contributed by atoms with E-state index >= 15 is 0 Å². The molecule has 98 valence electrons. The molecule has 0 heterocycles. The molecule has 0 fully saturated rings. The predicted molar refractivity (Wildman–Crippen MR) is 70.7 cm³/mol. The number of amides is 1. The number of anilines is 1. The van der Waals surface area contributed by atoms with E-state index in [1.165, 1.54) is 6.92 Å². The maximum Gasteiger partial charge on any atom is 0.221 e. The van der Waals surface area contributed by atoms with Gasteiger partial charge in [-0.15, -0.1) is 0 Å².